The predicted molar refractivity (Wildman–Crippen MR) is 102 cm³/mol. The van der Waals surface area contributed by atoms with Crippen LogP contribution in [0.4, 0.5) is 5.69 Å². The Morgan fingerprint density at radius 2 is 1.65 bits per heavy atom. The third-order valence-corrected chi connectivity index (χ3v) is 4.44. The van der Waals surface area contributed by atoms with E-state index in [0.29, 0.717) is 28.2 Å². The van der Waals surface area contributed by atoms with E-state index in [1.54, 1.807) is 19.4 Å². The van der Waals surface area contributed by atoms with Gasteiger partial charge in [0.15, 0.2) is 11.5 Å². The number of aryl methyl sites for hydroxylation is 2. The van der Waals surface area contributed by atoms with Crippen molar-refractivity contribution in [2.24, 2.45) is 0 Å². The van der Waals surface area contributed by atoms with Crippen molar-refractivity contribution in [3.63, 3.8) is 0 Å². The number of rotatable bonds is 5. The quantitative estimate of drug-likeness (QED) is 0.725. The van der Waals surface area contributed by atoms with E-state index in [1.165, 1.54) is 14.2 Å². The summed E-state index contributed by atoms with van der Waals surface area (Å²) in [4.78, 5) is 16.1. The summed E-state index contributed by atoms with van der Waals surface area (Å²) in [6.07, 6.45) is 1.66. The first kappa shape index (κ1) is 17.7. The van der Waals surface area contributed by atoms with Crippen LogP contribution >= 0.6 is 0 Å². The highest BCUT2D eigenvalue weighted by Gasteiger charge is 2.23. The highest BCUT2D eigenvalue weighted by Crippen LogP contribution is 2.44. The predicted octanol–water partition coefficient (Wildman–Crippen LogP) is 4.06. The zero-order chi connectivity index (χ0) is 18.8. The summed E-state index contributed by atoms with van der Waals surface area (Å²) in [5.74, 6) is 1.21. The van der Waals surface area contributed by atoms with Crippen LogP contribution in [0.5, 0.6) is 17.2 Å². The number of H-pyrrole nitrogens is 1. The third kappa shape index (κ3) is 2.83. The van der Waals surface area contributed by atoms with Gasteiger partial charge in [0.05, 0.1) is 37.8 Å². The topological polar surface area (TPSA) is 72.6 Å². The zero-order valence-corrected chi connectivity index (χ0v) is 15.5. The summed E-state index contributed by atoms with van der Waals surface area (Å²) in [5, 5.41) is 3.65. The van der Waals surface area contributed by atoms with Crippen LogP contribution < -0.4 is 19.5 Å². The SMILES string of the molecule is COc1cc2[nH]cc(C(=O)Nc3c(C)cccc3C)c2c(OC)c1OC. The second-order valence-electron chi connectivity index (χ2n) is 5.99. The van der Waals surface area contributed by atoms with Crippen LogP contribution in [0.2, 0.25) is 0 Å². The van der Waals surface area contributed by atoms with E-state index in [9.17, 15) is 4.79 Å². The first-order valence-electron chi connectivity index (χ1n) is 8.19. The zero-order valence-electron chi connectivity index (χ0n) is 15.5. The number of aromatic amines is 1. The molecule has 2 aromatic carbocycles. The molecule has 3 aromatic rings. The number of para-hydroxylation sites is 1. The number of hydrogen-bond donors (Lipinski definition) is 2. The summed E-state index contributed by atoms with van der Waals surface area (Å²) in [5.41, 5.74) is 4.02. The third-order valence-electron chi connectivity index (χ3n) is 4.44. The van der Waals surface area contributed by atoms with Crippen molar-refractivity contribution < 1.29 is 19.0 Å². The molecule has 0 aliphatic carbocycles. The van der Waals surface area contributed by atoms with E-state index in [2.05, 4.69) is 10.3 Å². The van der Waals surface area contributed by atoms with Gasteiger partial charge in [0, 0.05) is 18.0 Å². The number of benzene rings is 2. The van der Waals surface area contributed by atoms with Crippen LogP contribution in [0.25, 0.3) is 10.9 Å². The number of anilines is 1. The maximum Gasteiger partial charge on any atom is 0.257 e. The van der Waals surface area contributed by atoms with Gasteiger partial charge in [-0.05, 0) is 25.0 Å². The lowest BCUT2D eigenvalue weighted by Crippen LogP contribution is -2.13. The molecule has 1 amide bonds. The van der Waals surface area contributed by atoms with E-state index in [-0.39, 0.29) is 5.91 Å². The smallest absolute Gasteiger partial charge is 0.257 e. The summed E-state index contributed by atoms with van der Waals surface area (Å²) in [7, 11) is 4.63. The highest BCUT2D eigenvalue weighted by molar-refractivity contribution is 6.15. The average Bonchev–Trinajstić information content (AvgIpc) is 3.06. The minimum absolute atomic E-state index is 0.223. The molecule has 0 radical (unpaired) electrons. The number of amides is 1. The molecule has 0 unspecified atom stereocenters. The van der Waals surface area contributed by atoms with E-state index in [0.717, 1.165) is 22.3 Å². The van der Waals surface area contributed by atoms with Gasteiger partial charge in [0.2, 0.25) is 5.75 Å². The van der Waals surface area contributed by atoms with E-state index < -0.39 is 0 Å². The second kappa shape index (κ2) is 7.00. The molecule has 1 heterocycles. The molecule has 0 aliphatic rings. The lowest BCUT2D eigenvalue weighted by Gasteiger charge is -2.14. The van der Waals surface area contributed by atoms with Gasteiger partial charge in [-0.1, -0.05) is 18.2 Å². The Bertz CT molecular complexity index is 955. The van der Waals surface area contributed by atoms with E-state index >= 15 is 0 Å². The fraction of sp³-hybridized carbons (Fsp3) is 0.250. The molecule has 6 nitrogen and oxygen atoms in total. The molecule has 26 heavy (non-hydrogen) atoms. The fourth-order valence-electron chi connectivity index (χ4n) is 3.13. The van der Waals surface area contributed by atoms with Crippen molar-refractivity contribution in [1.29, 1.82) is 0 Å². The van der Waals surface area contributed by atoms with Crippen molar-refractivity contribution in [2.75, 3.05) is 26.6 Å². The molecule has 0 saturated carbocycles. The Morgan fingerprint density at radius 1 is 1.00 bits per heavy atom. The lowest BCUT2D eigenvalue weighted by molar-refractivity contribution is 0.102. The van der Waals surface area contributed by atoms with E-state index in [4.69, 9.17) is 14.2 Å². The minimum Gasteiger partial charge on any atom is -0.493 e. The monoisotopic (exact) mass is 354 g/mol. The molecule has 0 fully saturated rings. The lowest BCUT2D eigenvalue weighted by atomic mass is 10.1. The number of hydrogen-bond acceptors (Lipinski definition) is 4. The first-order chi connectivity index (χ1) is 12.5. The van der Waals surface area contributed by atoms with Gasteiger partial charge < -0.3 is 24.5 Å². The Kier molecular flexibility index (Phi) is 4.75. The number of nitrogens with one attached hydrogen (secondary N) is 2. The van der Waals surface area contributed by atoms with Crippen molar-refractivity contribution >= 4 is 22.5 Å². The largest absolute Gasteiger partial charge is 0.493 e. The molecule has 3 rings (SSSR count). The summed E-state index contributed by atoms with van der Waals surface area (Å²) in [6.45, 7) is 3.93. The number of methoxy groups -OCH3 is 3. The van der Waals surface area contributed by atoms with Gasteiger partial charge >= 0.3 is 0 Å². The normalized spacial score (nSPS) is 10.7. The van der Waals surface area contributed by atoms with Crippen LogP contribution in [0.15, 0.2) is 30.5 Å². The number of aromatic nitrogens is 1. The Morgan fingerprint density at radius 3 is 2.23 bits per heavy atom. The van der Waals surface area contributed by atoms with Crippen molar-refractivity contribution in [3.8, 4) is 17.2 Å². The number of ether oxygens (including phenoxy) is 3. The highest BCUT2D eigenvalue weighted by atomic mass is 16.5. The Balaban J connectivity index is 2.12. The standard InChI is InChI=1S/C20H22N2O4/c1-11-7-6-8-12(2)17(11)22-20(23)13-10-21-14-9-15(24-3)18(25-4)19(26-5)16(13)14/h6-10,21H,1-5H3,(H,22,23). The Labute approximate surface area is 152 Å². The van der Waals surface area contributed by atoms with Crippen LogP contribution in [0, 0.1) is 13.8 Å². The van der Waals surface area contributed by atoms with Gasteiger partial charge in [-0.3, -0.25) is 4.79 Å². The van der Waals surface area contributed by atoms with Crippen molar-refractivity contribution in [2.45, 2.75) is 13.8 Å². The number of fused-ring (bicyclic) bond motifs is 1. The van der Waals surface area contributed by atoms with Gasteiger partial charge in [-0.15, -0.1) is 0 Å². The summed E-state index contributed by atoms with van der Waals surface area (Å²) >= 11 is 0. The van der Waals surface area contributed by atoms with Gasteiger partial charge in [-0.2, -0.15) is 0 Å². The molecule has 1 aromatic heterocycles. The molecule has 136 valence electrons. The van der Waals surface area contributed by atoms with Crippen molar-refractivity contribution in [3.05, 3.63) is 47.2 Å². The molecule has 6 heteroatoms. The van der Waals surface area contributed by atoms with Crippen LogP contribution in [0.3, 0.4) is 0 Å². The molecule has 0 atom stereocenters. The maximum atomic E-state index is 13.0. The maximum absolute atomic E-state index is 13.0. The molecule has 0 aliphatic heterocycles. The molecular formula is C20H22N2O4. The van der Waals surface area contributed by atoms with Gasteiger partial charge in [0.1, 0.15) is 0 Å². The molecular weight excluding hydrogens is 332 g/mol. The van der Waals surface area contributed by atoms with Crippen LogP contribution in [0.1, 0.15) is 21.5 Å². The molecule has 0 bridgehead atoms. The van der Waals surface area contributed by atoms with E-state index in [1.807, 2.05) is 32.0 Å². The molecule has 0 saturated heterocycles. The second-order valence-corrected chi connectivity index (χ2v) is 5.99. The van der Waals surface area contributed by atoms with Crippen LogP contribution in [-0.2, 0) is 0 Å². The minimum atomic E-state index is -0.223. The van der Waals surface area contributed by atoms with Gasteiger partial charge in [0.25, 0.3) is 5.91 Å². The summed E-state index contributed by atoms with van der Waals surface area (Å²) < 4.78 is 16.3. The first-order valence-corrected chi connectivity index (χ1v) is 8.19. The Hall–Kier alpha value is -3.15. The fourth-order valence-corrected chi connectivity index (χ4v) is 3.13. The van der Waals surface area contributed by atoms with Crippen LogP contribution in [-0.4, -0.2) is 32.2 Å². The average molecular weight is 354 g/mol. The molecule has 2 N–H and O–H groups in total. The molecule has 0 spiro atoms. The number of carbonyl (C=O) groups is 1. The number of carbonyl (C=O) groups excluding carboxylic acids is 1. The van der Waals surface area contributed by atoms with Gasteiger partial charge in [-0.25, -0.2) is 0 Å². The van der Waals surface area contributed by atoms with Crippen molar-refractivity contribution in [1.82, 2.24) is 4.98 Å². The summed E-state index contributed by atoms with van der Waals surface area (Å²) in [6, 6.07) is 7.68.